The topological polar surface area (TPSA) is 82.2 Å². The molecule has 0 saturated heterocycles. The van der Waals surface area contributed by atoms with E-state index in [1.54, 1.807) is 12.1 Å². The van der Waals surface area contributed by atoms with E-state index in [2.05, 4.69) is 10.3 Å². The average Bonchev–Trinajstić information content (AvgIpc) is 3.31. The van der Waals surface area contributed by atoms with E-state index in [1.165, 1.54) is 12.1 Å². The van der Waals surface area contributed by atoms with Crippen LogP contribution in [-0.2, 0) is 16.0 Å². The molecule has 0 unspecified atom stereocenters. The molecule has 0 radical (unpaired) electrons. The van der Waals surface area contributed by atoms with Crippen molar-refractivity contribution in [3.05, 3.63) is 59.9 Å². The summed E-state index contributed by atoms with van der Waals surface area (Å²) in [6.07, 6.45) is 2.90. The largest absolute Gasteiger partial charge is 0.481 e. The van der Waals surface area contributed by atoms with Crippen molar-refractivity contribution < 1.29 is 19.1 Å². The maximum atomic E-state index is 13.3. The monoisotopic (exact) mass is 394 g/mol. The van der Waals surface area contributed by atoms with Crippen molar-refractivity contribution in [2.24, 2.45) is 5.92 Å². The summed E-state index contributed by atoms with van der Waals surface area (Å²) in [6, 6.07) is 13.9. The van der Waals surface area contributed by atoms with Crippen LogP contribution in [0.4, 0.5) is 4.39 Å². The number of aromatic amines is 1. The lowest BCUT2D eigenvalue weighted by molar-refractivity contribution is -0.142. The number of para-hydroxylation sites is 1. The Balaban J connectivity index is 1.54. The van der Waals surface area contributed by atoms with Crippen molar-refractivity contribution in [2.75, 3.05) is 0 Å². The Labute approximate surface area is 167 Å². The van der Waals surface area contributed by atoms with Crippen molar-refractivity contribution >= 4 is 22.8 Å². The Morgan fingerprint density at radius 1 is 1.10 bits per heavy atom. The molecule has 2 atom stereocenters. The zero-order chi connectivity index (χ0) is 20.4. The molecule has 1 aliphatic rings. The summed E-state index contributed by atoms with van der Waals surface area (Å²) in [5.74, 6) is -1.78. The first kappa shape index (κ1) is 19.2. The molecule has 6 heteroatoms. The number of carboxylic acid groups (broad SMARTS) is 1. The number of nitrogens with one attached hydrogen (secondary N) is 2. The molecule has 1 saturated carbocycles. The minimum Gasteiger partial charge on any atom is -0.481 e. The Morgan fingerprint density at radius 2 is 1.86 bits per heavy atom. The van der Waals surface area contributed by atoms with Crippen LogP contribution in [0, 0.1) is 11.7 Å². The molecule has 2 aromatic carbocycles. The molecule has 3 N–H and O–H groups in total. The van der Waals surface area contributed by atoms with E-state index in [0.717, 1.165) is 34.1 Å². The summed E-state index contributed by atoms with van der Waals surface area (Å²) in [5, 5.41) is 13.2. The Hall–Kier alpha value is -3.15. The molecule has 0 spiro atoms. The van der Waals surface area contributed by atoms with Gasteiger partial charge in [0.1, 0.15) is 5.82 Å². The van der Waals surface area contributed by atoms with E-state index in [1.807, 2.05) is 24.3 Å². The lowest BCUT2D eigenvalue weighted by Gasteiger charge is -2.17. The van der Waals surface area contributed by atoms with Crippen LogP contribution in [0.25, 0.3) is 22.2 Å². The number of amides is 1. The number of halogens is 1. The van der Waals surface area contributed by atoms with Gasteiger partial charge in [0.25, 0.3) is 0 Å². The van der Waals surface area contributed by atoms with E-state index >= 15 is 0 Å². The van der Waals surface area contributed by atoms with Crippen LogP contribution in [0.5, 0.6) is 0 Å². The number of aryl methyl sites for hydroxylation is 1. The first-order valence-electron chi connectivity index (χ1n) is 9.90. The number of hydrogen-bond acceptors (Lipinski definition) is 2. The summed E-state index contributed by atoms with van der Waals surface area (Å²) in [6.45, 7) is 0. The van der Waals surface area contributed by atoms with Gasteiger partial charge in [-0.25, -0.2) is 4.39 Å². The molecule has 1 amide bonds. The SMILES string of the molecule is O=C(CCc1c(-c2ccc(F)cc2)[nH]c2ccccc12)N[C@H]1CCC[C@H]1C(=O)O. The second-order valence-electron chi connectivity index (χ2n) is 7.58. The number of hydrogen-bond donors (Lipinski definition) is 3. The van der Waals surface area contributed by atoms with Crippen molar-refractivity contribution in [1.82, 2.24) is 10.3 Å². The van der Waals surface area contributed by atoms with Gasteiger partial charge in [-0.3, -0.25) is 9.59 Å². The van der Waals surface area contributed by atoms with Crippen LogP contribution in [0.15, 0.2) is 48.5 Å². The maximum Gasteiger partial charge on any atom is 0.308 e. The van der Waals surface area contributed by atoms with Gasteiger partial charge in [0.05, 0.1) is 5.92 Å². The number of rotatable bonds is 6. The first-order valence-corrected chi connectivity index (χ1v) is 9.90. The molecular weight excluding hydrogens is 371 g/mol. The Kier molecular flexibility index (Phi) is 5.34. The number of aliphatic carboxylic acids is 1. The molecule has 1 heterocycles. The molecular formula is C23H23FN2O3. The van der Waals surface area contributed by atoms with Gasteiger partial charge in [-0.1, -0.05) is 24.6 Å². The van der Waals surface area contributed by atoms with Gasteiger partial charge in [-0.15, -0.1) is 0 Å². The highest BCUT2D eigenvalue weighted by atomic mass is 19.1. The number of carbonyl (C=O) groups excluding carboxylic acids is 1. The number of benzene rings is 2. The number of H-pyrrole nitrogens is 1. The zero-order valence-corrected chi connectivity index (χ0v) is 16.0. The fraction of sp³-hybridized carbons (Fsp3) is 0.304. The number of carbonyl (C=O) groups is 2. The quantitative estimate of drug-likeness (QED) is 0.584. The van der Waals surface area contributed by atoms with Crippen molar-refractivity contribution in [3.8, 4) is 11.3 Å². The second kappa shape index (κ2) is 8.07. The third kappa shape index (κ3) is 4.01. The Bertz CT molecular complexity index is 1040. The standard InChI is InChI=1S/C23H23FN2O3/c24-15-10-8-14(9-11-15)22-17(16-4-1-2-6-19(16)26-22)12-13-21(27)25-20-7-3-5-18(20)23(28)29/h1-2,4,6,8-11,18,20,26H,3,5,7,12-13H2,(H,25,27)(H,28,29)/t18-,20+/m1/s1. The van der Waals surface area contributed by atoms with Crippen LogP contribution >= 0.6 is 0 Å². The molecule has 0 aliphatic heterocycles. The van der Waals surface area contributed by atoms with Crippen LogP contribution in [0.3, 0.4) is 0 Å². The highest BCUT2D eigenvalue weighted by molar-refractivity contribution is 5.91. The highest BCUT2D eigenvalue weighted by Gasteiger charge is 2.33. The fourth-order valence-corrected chi connectivity index (χ4v) is 4.27. The lowest BCUT2D eigenvalue weighted by Crippen LogP contribution is -2.40. The van der Waals surface area contributed by atoms with Crippen molar-refractivity contribution in [3.63, 3.8) is 0 Å². The number of aromatic nitrogens is 1. The van der Waals surface area contributed by atoms with E-state index in [9.17, 15) is 19.1 Å². The maximum absolute atomic E-state index is 13.3. The summed E-state index contributed by atoms with van der Waals surface area (Å²) in [7, 11) is 0. The van der Waals surface area contributed by atoms with Crippen LogP contribution < -0.4 is 5.32 Å². The Morgan fingerprint density at radius 3 is 2.62 bits per heavy atom. The van der Waals surface area contributed by atoms with Gasteiger partial charge >= 0.3 is 5.97 Å². The molecule has 0 bridgehead atoms. The van der Waals surface area contributed by atoms with Gasteiger partial charge < -0.3 is 15.4 Å². The first-order chi connectivity index (χ1) is 14.0. The highest BCUT2D eigenvalue weighted by Crippen LogP contribution is 2.32. The van der Waals surface area contributed by atoms with Crippen LogP contribution in [0.1, 0.15) is 31.2 Å². The van der Waals surface area contributed by atoms with Crippen LogP contribution in [-0.4, -0.2) is 28.0 Å². The molecule has 29 heavy (non-hydrogen) atoms. The van der Waals surface area contributed by atoms with E-state index in [-0.39, 0.29) is 24.2 Å². The van der Waals surface area contributed by atoms with Crippen molar-refractivity contribution in [1.29, 1.82) is 0 Å². The normalized spacial score (nSPS) is 18.8. The van der Waals surface area contributed by atoms with Gasteiger partial charge in [0, 0.05) is 29.1 Å². The minimum absolute atomic E-state index is 0.140. The molecule has 4 rings (SSSR count). The van der Waals surface area contributed by atoms with E-state index in [4.69, 9.17) is 0 Å². The van der Waals surface area contributed by atoms with Gasteiger partial charge in [0.15, 0.2) is 0 Å². The molecule has 1 aliphatic carbocycles. The summed E-state index contributed by atoms with van der Waals surface area (Å²) in [5.41, 5.74) is 3.70. The van der Waals surface area contributed by atoms with E-state index in [0.29, 0.717) is 19.3 Å². The van der Waals surface area contributed by atoms with Crippen LogP contribution in [0.2, 0.25) is 0 Å². The van der Waals surface area contributed by atoms with Gasteiger partial charge in [-0.05, 0) is 60.7 Å². The van der Waals surface area contributed by atoms with Gasteiger partial charge in [-0.2, -0.15) is 0 Å². The molecule has 1 fully saturated rings. The second-order valence-corrected chi connectivity index (χ2v) is 7.58. The molecule has 1 aromatic heterocycles. The average molecular weight is 394 g/mol. The predicted molar refractivity (Wildman–Crippen MR) is 109 cm³/mol. The molecule has 150 valence electrons. The minimum atomic E-state index is -0.844. The number of carboxylic acids is 1. The molecule has 5 nitrogen and oxygen atoms in total. The fourth-order valence-electron chi connectivity index (χ4n) is 4.27. The summed E-state index contributed by atoms with van der Waals surface area (Å²) in [4.78, 5) is 27.2. The number of fused-ring (bicyclic) bond motifs is 1. The third-order valence-corrected chi connectivity index (χ3v) is 5.73. The summed E-state index contributed by atoms with van der Waals surface area (Å²) < 4.78 is 13.3. The summed E-state index contributed by atoms with van der Waals surface area (Å²) >= 11 is 0. The third-order valence-electron chi connectivity index (χ3n) is 5.73. The van der Waals surface area contributed by atoms with Crippen molar-refractivity contribution in [2.45, 2.75) is 38.1 Å². The smallest absolute Gasteiger partial charge is 0.308 e. The van der Waals surface area contributed by atoms with E-state index < -0.39 is 11.9 Å². The lowest BCUT2D eigenvalue weighted by atomic mass is 10.00. The zero-order valence-electron chi connectivity index (χ0n) is 16.0. The predicted octanol–water partition coefficient (Wildman–Crippen LogP) is 4.28. The van der Waals surface area contributed by atoms with Gasteiger partial charge in [0.2, 0.25) is 5.91 Å². The molecule has 3 aromatic rings.